The molecule has 1 amide bonds. The highest BCUT2D eigenvalue weighted by Crippen LogP contribution is 2.33. The van der Waals surface area contributed by atoms with Crippen LogP contribution >= 0.6 is 0 Å². The number of hydrogen-bond acceptors (Lipinski definition) is 3. The number of carbonyl (C=O) groups is 1. The molecule has 0 aromatic heterocycles. The van der Waals surface area contributed by atoms with Gasteiger partial charge in [-0.1, -0.05) is 34.6 Å². The molecular formula is C20H38N4O2. The Morgan fingerprint density at radius 3 is 2.65 bits per heavy atom. The van der Waals surface area contributed by atoms with Crippen LogP contribution < -0.4 is 10.6 Å². The molecule has 2 fully saturated rings. The number of carbonyl (C=O) groups excluding carboxylic acids is 1. The summed E-state index contributed by atoms with van der Waals surface area (Å²) in [5, 5.41) is 6.98. The molecule has 0 saturated carbocycles. The Bertz CT molecular complexity index is 499. The van der Waals surface area contributed by atoms with Gasteiger partial charge in [0.2, 0.25) is 5.91 Å². The number of amides is 1. The molecule has 2 heterocycles. The van der Waals surface area contributed by atoms with E-state index in [0.717, 1.165) is 45.0 Å². The predicted molar refractivity (Wildman–Crippen MR) is 106 cm³/mol. The van der Waals surface area contributed by atoms with Crippen LogP contribution in [-0.2, 0) is 9.53 Å². The van der Waals surface area contributed by atoms with E-state index < -0.39 is 0 Å². The molecule has 2 rings (SSSR count). The van der Waals surface area contributed by atoms with Gasteiger partial charge in [-0.2, -0.15) is 0 Å². The fourth-order valence-electron chi connectivity index (χ4n) is 4.07. The lowest BCUT2D eigenvalue weighted by atomic mass is 9.78. The number of nitrogens with zero attached hydrogens (tertiary/aromatic N) is 2. The average molecular weight is 367 g/mol. The minimum atomic E-state index is 0.0619. The number of guanidine groups is 1. The molecule has 2 aliphatic rings. The number of rotatable bonds is 4. The summed E-state index contributed by atoms with van der Waals surface area (Å²) in [6, 6.07) is 0.268. The van der Waals surface area contributed by atoms with Gasteiger partial charge in [0.15, 0.2) is 5.96 Å². The number of likely N-dealkylation sites (tertiary alicyclic amines) is 1. The van der Waals surface area contributed by atoms with Gasteiger partial charge < -0.3 is 20.3 Å². The molecule has 150 valence electrons. The summed E-state index contributed by atoms with van der Waals surface area (Å²) >= 11 is 0. The Morgan fingerprint density at radius 2 is 2.04 bits per heavy atom. The van der Waals surface area contributed by atoms with Crippen LogP contribution in [0.2, 0.25) is 0 Å². The van der Waals surface area contributed by atoms with Gasteiger partial charge in [0.1, 0.15) is 0 Å². The van der Waals surface area contributed by atoms with Crippen LogP contribution in [0.3, 0.4) is 0 Å². The van der Waals surface area contributed by atoms with Crippen molar-refractivity contribution in [1.29, 1.82) is 0 Å². The topological polar surface area (TPSA) is 66.0 Å². The molecule has 2 aliphatic heterocycles. The maximum absolute atomic E-state index is 12.1. The van der Waals surface area contributed by atoms with Crippen molar-refractivity contribution in [2.45, 2.75) is 66.0 Å². The summed E-state index contributed by atoms with van der Waals surface area (Å²) < 4.78 is 6.07. The van der Waals surface area contributed by atoms with E-state index in [2.05, 4.69) is 36.4 Å². The van der Waals surface area contributed by atoms with Gasteiger partial charge in [0.05, 0.1) is 6.10 Å². The average Bonchev–Trinajstić information content (AvgIpc) is 3.05. The van der Waals surface area contributed by atoms with E-state index in [1.807, 2.05) is 18.7 Å². The van der Waals surface area contributed by atoms with Crippen molar-refractivity contribution in [2.75, 3.05) is 33.3 Å². The van der Waals surface area contributed by atoms with Crippen LogP contribution in [0.25, 0.3) is 0 Å². The molecule has 0 aromatic rings. The fraction of sp³-hybridized carbons (Fsp3) is 0.900. The summed E-state index contributed by atoms with van der Waals surface area (Å²) in [6.45, 7) is 14.0. The lowest BCUT2D eigenvalue weighted by Crippen LogP contribution is -2.50. The van der Waals surface area contributed by atoms with E-state index >= 15 is 0 Å². The molecule has 6 heteroatoms. The molecule has 3 unspecified atom stereocenters. The second kappa shape index (κ2) is 9.07. The Balaban J connectivity index is 1.84. The van der Waals surface area contributed by atoms with Gasteiger partial charge in [0, 0.05) is 51.2 Å². The highest BCUT2D eigenvalue weighted by atomic mass is 16.5. The molecule has 3 atom stereocenters. The third-order valence-electron chi connectivity index (χ3n) is 5.39. The van der Waals surface area contributed by atoms with E-state index in [0.29, 0.717) is 5.92 Å². The first-order valence-corrected chi connectivity index (χ1v) is 10.1. The van der Waals surface area contributed by atoms with E-state index in [4.69, 9.17) is 4.74 Å². The van der Waals surface area contributed by atoms with Crippen LogP contribution in [0.4, 0.5) is 0 Å². The maximum atomic E-state index is 12.1. The van der Waals surface area contributed by atoms with Gasteiger partial charge in [-0.3, -0.25) is 9.79 Å². The monoisotopic (exact) mass is 366 g/mol. The van der Waals surface area contributed by atoms with Crippen molar-refractivity contribution in [3.05, 3.63) is 0 Å². The van der Waals surface area contributed by atoms with Crippen LogP contribution in [0, 0.1) is 17.3 Å². The van der Waals surface area contributed by atoms with Crippen molar-refractivity contribution in [2.24, 2.45) is 22.2 Å². The van der Waals surface area contributed by atoms with Crippen LogP contribution in [0.15, 0.2) is 4.99 Å². The molecule has 0 radical (unpaired) electrons. The summed E-state index contributed by atoms with van der Waals surface area (Å²) in [5.41, 5.74) is 0.146. The first kappa shape index (κ1) is 21.0. The highest BCUT2D eigenvalue weighted by molar-refractivity contribution is 5.81. The normalized spacial score (nSPS) is 27.7. The Kier molecular flexibility index (Phi) is 7.33. The molecule has 2 saturated heterocycles. The molecule has 0 aromatic carbocycles. The lowest BCUT2D eigenvalue weighted by molar-refractivity contribution is -0.133. The van der Waals surface area contributed by atoms with Gasteiger partial charge >= 0.3 is 0 Å². The first-order valence-electron chi connectivity index (χ1n) is 10.1. The van der Waals surface area contributed by atoms with Gasteiger partial charge in [-0.05, 0) is 24.7 Å². The van der Waals surface area contributed by atoms with Crippen molar-refractivity contribution in [3.63, 3.8) is 0 Å². The number of nitrogens with one attached hydrogen (secondary N) is 2. The summed E-state index contributed by atoms with van der Waals surface area (Å²) in [5.74, 6) is 1.62. The summed E-state index contributed by atoms with van der Waals surface area (Å²) in [6.07, 6.45) is 3.55. The SMILES string of the molecule is CN=C(NCC1CCCOC1C(C)(C)C)NC1CCN(C(=O)C(C)C)C1. The molecule has 0 bridgehead atoms. The minimum Gasteiger partial charge on any atom is -0.377 e. The standard InChI is InChI=1S/C20H38N4O2/c1-14(2)18(25)24-10-9-16(13-24)23-19(21-6)22-12-15-8-7-11-26-17(15)20(3,4)5/h14-17H,7-13H2,1-6H3,(H2,21,22,23). The van der Waals surface area contributed by atoms with E-state index in [9.17, 15) is 4.79 Å². The minimum absolute atomic E-state index is 0.0619. The summed E-state index contributed by atoms with van der Waals surface area (Å²) in [7, 11) is 1.81. The highest BCUT2D eigenvalue weighted by Gasteiger charge is 2.35. The summed E-state index contributed by atoms with van der Waals surface area (Å²) in [4.78, 5) is 18.5. The zero-order chi connectivity index (χ0) is 19.3. The second-order valence-electron chi connectivity index (χ2n) is 9.08. The van der Waals surface area contributed by atoms with Crippen molar-refractivity contribution in [1.82, 2.24) is 15.5 Å². The van der Waals surface area contributed by atoms with Gasteiger partial charge in [0.25, 0.3) is 0 Å². The molecule has 0 spiro atoms. The molecule has 0 aliphatic carbocycles. The zero-order valence-corrected chi connectivity index (χ0v) is 17.5. The fourth-order valence-corrected chi connectivity index (χ4v) is 4.07. The molecule has 6 nitrogen and oxygen atoms in total. The smallest absolute Gasteiger partial charge is 0.225 e. The van der Waals surface area contributed by atoms with Crippen molar-refractivity contribution < 1.29 is 9.53 Å². The maximum Gasteiger partial charge on any atom is 0.225 e. The molecule has 26 heavy (non-hydrogen) atoms. The van der Waals surface area contributed by atoms with E-state index in [1.165, 1.54) is 6.42 Å². The van der Waals surface area contributed by atoms with Crippen LogP contribution in [-0.4, -0.2) is 62.2 Å². The predicted octanol–water partition coefficient (Wildman–Crippen LogP) is 2.25. The molecular weight excluding hydrogens is 328 g/mol. The second-order valence-corrected chi connectivity index (χ2v) is 9.08. The quantitative estimate of drug-likeness (QED) is 0.592. The lowest BCUT2D eigenvalue weighted by Gasteiger charge is -2.40. The third-order valence-corrected chi connectivity index (χ3v) is 5.39. The van der Waals surface area contributed by atoms with Gasteiger partial charge in [-0.15, -0.1) is 0 Å². The number of ether oxygens (including phenoxy) is 1. The van der Waals surface area contributed by atoms with E-state index in [-0.39, 0.29) is 29.4 Å². The van der Waals surface area contributed by atoms with Crippen LogP contribution in [0.1, 0.15) is 53.9 Å². The van der Waals surface area contributed by atoms with E-state index in [1.54, 1.807) is 7.05 Å². The Hall–Kier alpha value is -1.30. The Labute approximate surface area is 159 Å². The largest absolute Gasteiger partial charge is 0.377 e. The zero-order valence-electron chi connectivity index (χ0n) is 17.5. The van der Waals surface area contributed by atoms with Gasteiger partial charge in [-0.25, -0.2) is 0 Å². The van der Waals surface area contributed by atoms with Crippen LogP contribution in [0.5, 0.6) is 0 Å². The first-order chi connectivity index (χ1) is 12.2. The number of aliphatic imine (C=N–C) groups is 1. The molecule has 2 N–H and O–H groups in total. The third kappa shape index (κ3) is 5.60. The Morgan fingerprint density at radius 1 is 1.31 bits per heavy atom. The van der Waals surface area contributed by atoms with Crippen molar-refractivity contribution in [3.8, 4) is 0 Å². The number of hydrogen-bond donors (Lipinski definition) is 2. The van der Waals surface area contributed by atoms with Crippen molar-refractivity contribution >= 4 is 11.9 Å².